The van der Waals surface area contributed by atoms with Gasteiger partial charge in [-0.3, -0.25) is 4.79 Å². The maximum absolute atomic E-state index is 12.1. The van der Waals surface area contributed by atoms with Gasteiger partial charge in [0.15, 0.2) is 5.82 Å². The molecule has 8 heteroatoms. The third-order valence-electron chi connectivity index (χ3n) is 3.07. The zero-order chi connectivity index (χ0) is 14.2. The second-order valence-corrected chi connectivity index (χ2v) is 5.32. The number of thiophene rings is 1. The minimum absolute atomic E-state index is 0.195. The average molecular weight is 296 g/mol. The second-order valence-electron chi connectivity index (χ2n) is 4.37. The molecule has 0 fully saturated rings. The summed E-state index contributed by atoms with van der Waals surface area (Å²) in [6, 6.07) is 9.22. The third-order valence-corrected chi connectivity index (χ3v) is 3.94. The number of tetrazole rings is 1. The molecule has 0 spiro atoms. The van der Waals surface area contributed by atoms with Crippen LogP contribution in [0.3, 0.4) is 0 Å². The number of fused-ring (bicyclic) bond motifs is 1. The van der Waals surface area contributed by atoms with Crippen molar-refractivity contribution in [3.05, 3.63) is 46.1 Å². The Labute approximate surface area is 121 Å². The first-order chi connectivity index (χ1) is 10.3. The Bertz CT molecular complexity index is 958. The summed E-state index contributed by atoms with van der Waals surface area (Å²) in [5.74, 6) is 0.558. The van der Waals surface area contributed by atoms with Crippen molar-refractivity contribution in [2.75, 3.05) is 0 Å². The molecule has 1 aromatic carbocycles. The predicted octanol–water partition coefficient (Wildman–Crippen LogP) is 1.83. The average Bonchev–Trinajstić information content (AvgIpc) is 3.19. The van der Waals surface area contributed by atoms with Gasteiger partial charge in [-0.15, -0.1) is 16.4 Å². The molecule has 0 saturated carbocycles. The Kier molecular flexibility index (Phi) is 2.61. The van der Waals surface area contributed by atoms with Crippen LogP contribution in [0.25, 0.3) is 33.0 Å². The second kappa shape index (κ2) is 4.60. The smallest absolute Gasteiger partial charge is 0.275 e. The van der Waals surface area contributed by atoms with Crippen molar-refractivity contribution < 1.29 is 0 Å². The number of aromatic nitrogens is 6. The highest BCUT2D eigenvalue weighted by atomic mass is 32.1. The number of nitrogens with zero attached hydrogens (tertiary/aromatic N) is 4. The van der Waals surface area contributed by atoms with Crippen LogP contribution < -0.4 is 5.56 Å². The molecule has 21 heavy (non-hydrogen) atoms. The zero-order valence-electron chi connectivity index (χ0n) is 10.6. The quantitative estimate of drug-likeness (QED) is 0.588. The molecule has 7 nitrogen and oxygen atoms in total. The lowest BCUT2D eigenvalue weighted by Crippen LogP contribution is -2.10. The van der Waals surface area contributed by atoms with Crippen LogP contribution in [-0.4, -0.2) is 30.6 Å². The lowest BCUT2D eigenvalue weighted by atomic mass is 10.2. The highest BCUT2D eigenvalue weighted by Crippen LogP contribution is 2.23. The molecule has 0 aliphatic rings. The molecule has 0 saturated heterocycles. The molecule has 102 valence electrons. The number of hydrogen-bond donors (Lipinski definition) is 2. The van der Waals surface area contributed by atoms with Crippen LogP contribution >= 0.6 is 11.3 Å². The van der Waals surface area contributed by atoms with E-state index < -0.39 is 0 Å². The van der Waals surface area contributed by atoms with E-state index in [2.05, 4.69) is 30.6 Å². The molecule has 0 radical (unpaired) electrons. The van der Waals surface area contributed by atoms with Crippen LogP contribution in [0.1, 0.15) is 0 Å². The van der Waals surface area contributed by atoms with E-state index in [1.165, 1.54) is 11.3 Å². The Balaban J connectivity index is 1.94. The van der Waals surface area contributed by atoms with Gasteiger partial charge in [-0.2, -0.15) is 0 Å². The maximum atomic E-state index is 12.1. The highest BCUT2D eigenvalue weighted by molar-refractivity contribution is 7.13. The summed E-state index contributed by atoms with van der Waals surface area (Å²) in [5, 5.41) is 15.6. The van der Waals surface area contributed by atoms with Gasteiger partial charge in [0.25, 0.3) is 5.56 Å². The molecular formula is C13H8N6OS. The Morgan fingerprint density at radius 3 is 2.90 bits per heavy atom. The van der Waals surface area contributed by atoms with Crippen molar-refractivity contribution in [3.63, 3.8) is 0 Å². The SMILES string of the molecule is O=c1[nH]c2ccc(-c3nnn[nH]3)cc2nc1-c1cccs1. The summed E-state index contributed by atoms with van der Waals surface area (Å²) in [4.78, 5) is 20.3. The van der Waals surface area contributed by atoms with Gasteiger partial charge in [-0.25, -0.2) is 10.1 Å². The minimum Gasteiger partial charge on any atom is -0.319 e. The molecule has 4 rings (SSSR count). The van der Waals surface area contributed by atoms with Crippen LogP contribution in [0.5, 0.6) is 0 Å². The monoisotopic (exact) mass is 296 g/mol. The van der Waals surface area contributed by atoms with Gasteiger partial charge in [0, 0.05) is 5.56 Å². The fourth-order valence-electron chi connectivity index (χ4n) is 2.09. The summed E-state index contributed by atoms with van der Waals surface area (Å²) in [6.07, 6.45) is 0. The maximum Gasteiger partial charge on any atom is 0.275 e. The first-order valence-electron chi connectivity index (χ1n) is 6.13. The van der Waals surface area contributed by atoms with E-state index in [1.807, 2.05) is 29.6 Å². The van der Waals surface area contributed by atoms with E-state index in [-0.39, 0.29) is 5.56 Å². The van der Waals surface area contributed by atoms with Gasteiger partial charge in [0.2, 0.25) is 0 Å². The first-order valence-corrected chi connectivity index (χ1v) is 7.01. The molecule has 0 aliphatic carbocycles. The predicted molar refractivity (Wildman–Crippen MR) is 78.8 cm³/mol. The molecule has 2 N–H and O–H groups in total. The number of aromatic amines is 2. The van der Waals surface area contributed by atoms with Crippen molar-refractivity contribution in [1.82, 2.24) is 30.6 Å². The Morgan fingerprint density at radius 1 is 1.19 bits per heavy atom. The normalized spacial score (nSPS) is 11.0. The van der Waals surface area contributed by atoms with Crippen LogP contribution in [-0.2, 0) is 0 Å². The number of hydrogen-bond acceptors (Lipinski definition) is 6. The molecule has 3 heterocycles. The number of H-pyrrole nitrogens is 2. The van der Waals surface area contributed by atoms with Crippen LogP contribution in [0.2, 0.25) is 0 Å². The molecule has 0 aliphatic heterocycles. The number of rotatable bonds is 2. The Hall–Kier alpha value is -2.87. The first kappa shape index (κ1) is 11.9. The van der Waals surface area contributed by atoms with Gasteiger partial charge in [-0.05, 0) is 40.1 Å². The summed E-state index contributed by atoms with van der Waals surface area (Å²) in [5.41, 5.74) is 2.40. The topological polar surface area (TPSA) is 100 Å². The van der Waals surface area contributed by atoms with Crippen molar-refractivity contribution in [1.29, 1.82) is 0 Å². The highest BCUT2D eigenvalue weighted by Gasteiger charge is 2.10. The third kappa shape index (κ3) is 2.01. The number of nitrogens with one attached hydrogen (secondary N) is 2. The summed E-state index contributed by atoms with van der Waals surface area (Å²) in [6.45, 7) is 0. The van der Waals surface area contributed by atoms with E-state index in [1.54, 1.807) is 6.07 Å². The molecular weight excluding hydrogens is 288 g/mol. The van der Waals surface area contributed by atoms with Crippen LogP contribution in [0, 0.1) is 0 Å². The fraction of sp³-hybridized carbons (Fsp3) is 0. The van der Waals surface area contributed by atoms with E-state index in [0.717, 1.165) is 10.4 Å². The van der Waals surface area contributed by atoms with Crippen molar-refractivity contribution >= 4 is 22.4 Å². The fourth-order valence-corrected chi connectivity index (χ4v) is 2.80. The van der Waals surface area contributed by atoms with Crippen molar-refractivity contribution in [2.24, 2.45) is 0 Å². The summed E-state index contributed by atoms with van der Waals surface area (Å²) >= 11 is 1.48. The lowest BCUT2D eigenvalue weighted by Gasteiger charge is -2.02. The van der Waals surface area contributed by atoms with Crippen LogP contribution in [0.4, 0.5) is 0 Å². The van der Waals surface area contributed by atoms with Gasteiger partial charge < -0.3 is 4.98 Å². The largest absolute Gasteiger partial charge is 0.319 e. The molecule has 4 aromatic rings. The Morgan fingerprint density at radius 2 is 2.14 bits per heavy atom. The van der Waals surface area contributed by atoms with Gasteiger partial charge in [-0.1, -0.05) is 6.07 Å². The molecule has 0 amide bonds. The molecule has 0 unspecified atom stereocenters. The standard InChI is InChI=1S/C13H8N6OS/c20-13-11(10-2-1-5-21-10)14-9-6-7(3-4-8(9)15-13)12-16-18-19-17-12/h1-6H,(H,15,20)(H,16,17,18,19). The van der Waals surface area contributed by atoms with Crippen LogP contribution in [0.15, 0.2) is 40.5 Å². The summed E-state index contributed by atoms with van der Waals surface area (Å²) in [7, 11) is 0. The van der Waals surface area contributed by atoms with E-state index >= 15 is 0 Å². The molecule has 0 atom stereocenters. The van der Waals surface area contributed by atoms with Gasteiger partial charge in [0.05, 0.1) is 15.9 Å². The number of benzene rings is 1. The van der Waals surface area contributed by atoms with E-state index in [4.69, 9.17) is 0 Å². The van der Waals surface area contributed by atoms with E-state index in [9.17, 15) is 4.79 Å². The minimum atomic E-state index is -0.195. The van der Waals surface area contributed by atoms with E-state index in [0.29, 0.717) is 22.6 Å². The van der Waals surface area contributed by atoms with Crippen molar-refractivity contribution in [3.8, 4) is 22.0 Å². The van der Waals surface area contributed by atoms with Gasteiger partial charge in [0.1, 0.15) is 5.69 Å². The van der Waals surface area contributed by atoms with Crippen molar-refractivity contribution in [2.45, 2.75) is 0 Å². The summed E-state index contributed by atoms with van der Waals surface area (Å²) < 4.78 is 0. The van der Waals surface area contributed by atoms with Gasteiger partial charge >= 0.3 is 0 Å². The molecule has 3 aromatic heterocycles. The molecule has 0 bridgehead atoms. The zero-order valence-corrected chi connectivity index (χ0v) is 11.4. The lowest BCUT2D eigenvalue weighted by molar-refractivity contribution is 0.881.